The number of rotatable bonds is 5. The van der Waals surface area contributed by atoms with Gasteiger partial charge in [0.1, 0.15) is 5.75 Å². The van der Waals surface area contributed by atoms with Crippen molar-refractivity contribution in [3.63, 3.8) is 0 Å². The number of hydrogen-bond acceptors (Lipinski definition) is 6. The van der Waals surface area contributed by atoms with E-state index in [1.54, 1.807) is 23.6 Å². The summed E-state index contributed by atoms with van der Waals surface area (Å²) in [5, 5.41) is 12.2. The topological polar surface area (TPSA) is 78.8 Å². The number of nitrogens with two attached hydrogens (primary N) is 1. The summed E-state index contributed by atoms with van der Waals surface area (Å²) in [6, 6.07) is 7.86. The molecular weight excluding hydrogens is 250 g/mol. The molecule has 0 amide bonds. The molecule has 6 nitrogen and oxygen atoms in total. The van der Waals surface area contributed by atoms with Crippen LogP contribution in [0.15, 0.2) is 29.4 Å². The van der Waals surface area contributed by atoms with Crippen LogP contribution in [0, 0.1) is 0 Å². The highest BCUT2D eigenvalue weighted by atomic mass is 32.2. The van der Waals surface area contributed by atoms with Crippen LogP contribution >= 0.6 is 11.8 Å². The number of nitrogens with zero attached hydrogens (tertiary/aromatic N) is 4. The Morgan fingerprint density at radius 2 is 2.33 bits per heavy atom. The Bertz CT molecular complexity index is 516. The van der Waals surface area contributed by atoms with Crippen LogP contribution in [0.5, 0.6) is 5.75 Å². The van der Waals surface area contributed by atoms with Gasteiger partial charge in [-0.3, -0.25) is 0 Å². The Hall–Kier alpha value is -1.60. The summed E-state index contributed by atoms with van der Waals surface area (Å²) < 4.78 is 6.85. The van der Waals surface area contributed by atoms with E-state index < -0.39 is 0 Å². The molecule has 0 radical (unpaired) electrons. The Morgan fingerprint density at radius 1 is 1.50 bits per heavy atom. The maximum atomic E-state index is 5.82. The molecule has 2 rings (SSSR count). The summed E-state index contributed by atoms with van der Waals surface area (Å²) in [5.41, 5.74) is 6.93. The molecule has 1 aromatic carbocycles. The average molecular weight is 265 g/mol. The molecule has 1 unspecified atom stereocenters. The van der Waals surface area contributed by atoms with Crippen LogP contribution in [-0.2, 0) is 7.05 Å². The molecule has 0 aliphatic carbocycles. The van der Waals surface area contributed by atoms with E-state index in [9.17, 15) is 0 Å². The van der Waals surface area contributed by atoms with Crippen LogP contribution < -0.4 is 10.5 Å². The number of aromatic nitrogens is 4. The zero-order chi connectivity index (χ0) is 13.0. The van der Waals surface area contributed by atoms with Gasteiger partial charge in [-0.15, -0.1) is 5.10 Å². The fourth-order valence-corrected chi connectivity index (χ4v) is 2.45. The normalized spacial score (nSPS) is 12.4. The molecule has 2 aromatic rings. The first-order chi connectivity index (χ1) is 8.74. The fourth-order valence-electron chi connectivity index (χ4n) is 1.54. The van der Waals surface area contributed by atoms with Crippen LogP contribution in [0.1, 0.15) is 10.8 Å². The highest BCUT2D eigenvalue weighted by molar-refractivity contribution is 7.99. The predicted octanol–water partition coefficient (Wildman–Crippen LogP) is 1.01. The van der Waals surface area contributed by atoms with Gasteiger partial charge in [0.25, 0.3) is 0 Å². The van der Waals surface area contributed by atoms with Gasteiger partial charge >= 0.3 is 0 Å². The first kappa shape index (κ1) is 12.8. The molecule has 2 N–H and O–H groups in total. The van der Waals surface area contributed by atoms with E-state index in [1.807, 2.05) is 31.3 Å². The lowest BCUT2D eigenvalue weighted by Crippen LogP contribution is -2.10. The number of ether oxygens (including phenoxy) is 1. The maximum Gasteiger partial charge on any atom is 0.209 e. The number of tetrazole rings is 1. The van der Waals surface area contributed by atoms with Crippen molar-refractivity contribution in [3.05, 3.63) is 29.8 Å². The third-order valence-corrected chi connectivity index (χ3v) is 3.81. The molecular formula is C11H15N5OS. The van der Waals surface area contributed by atoms with Crippen LogP contribution in [-0.4, -0.2) is 33.9 Å². The Morgan fingerprint density at radius 3 is 2.94 bits per heavy atom. The molecule has 0 aliphatic heterocycles. The van der Waals surface area contributed by atoms with Crippen molar-refractivity contribution < 1.29 is 4.74 Å². The van der Waals surface area contributed by atoms with E-state index in [2.05, 4.69) is 15.5 Å². The average Bonchev–Trinajstić information content (AvgIpc) is 2.81. The number of methoxy groups -OCH3 is 1. The standard InChI is InChI=1S/C11H15N5OS/c1-16-11(13-14-15-16)18-10(7-12)8-4-3-5-9(6-8)17-2/h3-6,10H,7,12H2,1-2H3. The monoisotopic (exact) mass is 265 g/mol. The summed E-state index contributed by atoms with van der Waals surface area (Å²) in [7, 11) is 3.46. The van der Waals surface area contributed by atoms with E-state index in [1.165, 1.54) is 0 Å². The number of benzene rings is 1. The molecule has 96 valence electrons. The van der Waals surface area contributed by atoms with Gasteiger partial charge in [-0.2, -0.15) is 0 Å². The second-order valence-corrected chi connectivity index (χ2v) is 4.87. The van der Waals surface area contributed by atoms with E-state index >= 15 is 0 Å². The van der Waals surface area contributed by atoms with Crippen molar-refractivity contribution in [3.8, 4) is 5.75 Å². The Balaban J connectivity index is 2.20. The molecule has 0 saturated heterocycles. The highest BCUT2D eigenvalue weighted by Crippen LogP contribution is 2.33. The number of aryl methyl sites for hydroxylation is 1. The third-order valence-electron chi connectivity index (χ3n) is 2.51. The van der Waals surface area contributed by atoms with E-state index in [4.69, 9.17) is 10.5 Å². The van der Waals surface area contributed by atoms with Crippen molar-refractivity contribution in [1.29, 1.82) is 0 Å². The van der Waals surface area contributed by atoms with Gasteiger partial charge in [-0.25, -0.2) is 4.68 Å². The van der Waals surface area contributed by atoms with Crippen molar-refractivity contribution in [2.45, 2.75) is 10.4 Å². The van der Waals surface area contributed by atoms with Crippen LogP contribution in [0.4, 0.5) is 0 Å². The lowest BCUT2D eigenvalue weighted by molar-refractivity contribution is 0.414. The van der Waals surface area contributed by atoms with Crippen molar-refractivity contribution in [2.75, 3.05) is 13.7 Å². The third kappa shape index (κ3) is 2.80. The smallest absolute Gasteiger partial charge is 0.209 e. The first-order valence-corrected chi connectivity index (χ1v) is 6.35. The predicted molar refractivity (Wildman–Crippen MR) is 69.4 cm³/mol. The zero-order valence-corrected chi connectivity index (χ0v) is 11.1. The van der Waals surface area contributed by atoms with Gasteiger partial charge in [-0.1, -0.05) is 23.9 Å². The summed E-state index contributed by atoms with van der Waals surface area (Å²) >= 11 is 1.54. The summed E-state index contributed by atoms with van der Waals surface area (Å²) in [4.78, 5) is 0. The SMILES string of the molecule is COc1cccc(C(CN)Sc2nnnn2C)c1. The lowest BCUT2D eigenvalue weighted by atomic mass is 10.1. The number of thioether (sulfide) groups is 1. The molecule has 0 fully saturated rings. The molecule has 0 aliphatic rings. The second-order valence-electron chi connectivity index (χ2n) is 3.70. The zero-order valence-electron chi connectivity index (χ0n) is 10.3. The lowest BCUT2D eigenvalue weighted by Gasteiger charge is -2.14. The Kier molecular flexibility index (Phi) is 4.16. The highest BCUT2D eigenvalue weighted by Gasteiger charge is 2.15. The van der Waals surface area contributed by atoms with Crippen molar-refractivity contribution in [2.24, 2.45) is 12.8 Å². The molecule has 1 aromatic heterocycles. The van der Waals surface area contributed by atoms with Gasteiger partial charge < -0.3 is 10.5 Å². The van der Waals surface area contributed by atoms with Crippen molar-refractivity contribution in [1.82, 2.24) is 20.2 Å². The van der Waals surface area contributed by atoms with Crippen LogP contribution in [0.2, 0.25) is 0 Å². The summed E-state index contributed by atoms with van der Waals surface area (Å²) in [6.45, 7) is 0.505. The van der Waals surface area contributed by atoms with Crippen LogP contribution in [0.25, 0.3) is 0 Å². The van der Waals surface area contributed by atoms with Crippen molar-refractivity contribution >= 4 is 11.8 Å². The molecule has 0 saturated carbocycles. The fraction of sp³-hybridized carbons (Fsp3) is 0.364. The van der Waals surface area contributed by atoms with Crippen LogP contribution in [0.3, 0.4) is 0 Å². The second kappa shape index (κ2) is 5.83. The van der Waals surface area contributed by atoms with Gasteiger partial charge in [0.2, 0.25) is 5.16 Å². The maximum absolute atomic E-state index is 5.82. The molecule has 1 atom stereocenters. The summed E-state index contributed by atoms with van der Waals surface area (Å²) in [6.07, 6.45) is 0. The Labute approximate surface area is 110 Å². The van der Waals surface area contributed by atoms with Gasteiger partial charge in [-0.05, 0) is 28.1 Å². The van der Waals surface area contributed by atoms with Gasteiger partial charge in [0, 0.05) is 18.8 Å². The molecule has 7 heteroatoms. The first-order valence-electron chi connectivity index (χ1n) is 5.47. The summed E-state index contributed by atoms with van der Waals surface area (Å²) in [5.74, 6) is 0.822. The molecule has 1 heterocycles. The minimum Gasteiger partial charge on any atom is -0.497 e. The molecule has 18 heavy (non-hydrogen) atoms. The largest absolute Gasteiger partial charge is 0.497 e. The van der Waals surface area contributed by atoms with E-state index in [0.717, 1.165) is 16.5 Å². The molecule has 0 bridgehead atoms. The number of hydrogen-bond donors (Lipinski definition) is 1. The van der Waals surface area contributed by atoms with Gasteiger partial charge in [0.05, 0.1) is 7.11 Å². The minimum atomic E-state index is 0.102. The van der Waals surface area contributed by atoms with Gasteiger partial charge in [0.15, 0.2) is 0 Å². The minimum absolute atomic E-state index is 0.102. The quantitative estimate of drug-likeness (QED) is 0.813. The van der Waals surface area contributed by atoms with E-state index in [-0.39, 0.29) is 5.25 Å². The molecule has 0 spiro atoms. The van der Waals surface area contributed by atoms with E-state index in [0.29, 0.717) is 6.54 Å².